The first kappa shape index (κ1) is 13.7. The van der Waals surface area contributed by atoms with E-state index in [1.165, 1.54) is 4.67 Å². The van der Waals surface area contributed by atoms with Gasteiger partial charge in [0, 0.05) is 24.3 Å². The van der Waals surface area contributed by atoms with E-state index in [0.717, 1.165) is 6.42 Å². The number of rotatable bonds is 6. The smallest absolute Gasteiger partial charge is 0.322 e. The zero-order valence-corrected chi connectivity index (χ0v) is 9.90. The van der Waals surface area contributed by atoms with Gasteiger partial charge in [0.05, 0.1) is 0 Å². The fraction of sp³-hybridized carbons (Fsp3) is 1.00. The molecule has 13 heavy (non-hydrogen) atoms. The molecule has 0 aliphatic carbocycles. The Balaban J connectivity index is 4.18. The SMILES string of the molecule is CCC(Cl)CN(CCCl)P(N)(=O)O. The fourth-order valence-electron chi connectivity index (χ4n) is 0.807. The highest BCUT2D eigenvalue weighted by Gasteiger charge is 2.24. The number of halogens is 2. The maximum Gasteiger partial charge on any atom is 0.338 e. The van der Waals surface area contributed by atoms with Gasteiger partial charge >= 0.3 is 7.67 Å². The van der Waals surface area contributed by atoms with E-state index >= 15 is 0 Å². The average molecular weight is 249 g/mol. The predicted octanol–water partition coefficient (Wildman–Crippen LogP) is 1.60. The molecule has 0 rings (SSSR count). The van der Waals surface area contributed by atoms with Crippen molar-refractivity contribution < 1.29 is 9.46 Å². The van der Waals surface area contributed by atoms with Gasteiger partial charge in [-0.25, -0.2) is 10.2 Å². The minimum Gasteiger partial charge on any atom is -0.322 e. The van der Waals surface area contributed by atoms with Crippen LogP contribution in [0, 0.1) is 0 Å². The quantitative estimate of drug-likeness (QED) is 0.554. The molecule has 7 heteroatoms. The molecule has 0 aliphatic rings. The molecule has 0 saturated carbocycles. The predicted molar refractivity (Wildman–Crippen MR) is 56.2 cm³/mol. The monoisotopic (exact) mass is 248 g/mol. The van der Waals surface area contributed by atoms with Gasteiger partial charge in [-0.2, -0.15) is 0 Å². The normalized spacial score (nSPS) is 18.6. The lowest BCUT2D eigenvalue weighted by Crippen LogP contribution is -2.31. The highest BCUT2D eigenvalue weighted by Crippen LogP contribution is 2.36. The van der Waals surface area contributed by atoms with Crippen molar-refractivity contribution >= 4 is 30.9 Å². The van der Waals surface area contributed by atoms with Crippen molar-refractivity contribution in [3.05, 3.63) is 0 Å². The highest BCUT2D eigenvalue weighted by atomic mass is 35.5. The third-order valence-corrected chi connectivity index (χ3v) is 3.39. The van der Waals surface area contributed by atoms with Crippen LogP contribution in [0.1, 0.15) is 13.3 Å². The van der Waals surface area contributed by atoms with Gasteiger partial charge in [-0.3, -0.25) is 4.57 Å². The van der Waals surface area contributed by atoms with Gasteiger partial charge in [0.1, 0.15) is 0 Å². The van der Waals surface area contributed by atoms with Crippen molar-refractivity contribution in [1.29, 1.82) is 0 Å². The van der Waals surface area contributed by atoms with Crippen LogP contribution in [0.5, 0.6) is 0 Å². The van der Waals surface area contributed by atoms with Gasteiger partial charge in [-0.1, -0.05) is 6.92 Å². The van der Waals surface area contributed by atoms with E-state index in [1.807, 2.05) is 6.92 Å². The molecule has 0 heterocycles. The lowest BCUT2D eigenvalue weighted by Gasteiger charge is -2.24. The number of hydrogen-bond donors (Lipinski definition) is 2. The molecule has 80 valence electrons. The van der Waals surface area contributed by atoms with Crippen LogP contribution in [0.3, 0.4) is 0 Å². The van der Waals surface area contributed by atoms with E-state index in [4.69, 9.17) is 33.6 Å². The number of nitrogens with zero attached hydrogens (tertiary/aromatic N) is 1. The van der Waals surface area contributed by atoms with Gasteiger partial charge in [0.25, 0.3) is 0 Å². The second-order valence-electron chi connectivity index (χ2n) is 2.70. The summed E-state index contributed by atoms with van der Waals surface area (Å²) in [5, 5.41) is -0.174. The van der Waals surface area contributed by atoms with E-state index in [-0.39, 0.29) is 24.3 Å². The molecule has 0 aromatic carbocycles. The molecule has 0 spiro atoms. The van der Waals surface area contributed by atoms with Gasteiger partial charge < -0.3 is 4.89 Å². The summed E-state index contributed by atoms with van der Waals surface area (Å²) in [6, 6.07) is 0. The molecular formula is C6H15Cl2N2O2P. The first-order valence-corrected chi connectivity index (χ1v) is 6.63. The van der Waals surface area contributed by atoms with Gasteiger partial charge in [0.2, 0.25) is 0 Å². The summed E-state index contributed by atoms with van der Waals surface area (Å²) in [7, 11) is -3.70. The molecule has 4 nitrogen and oxygen atoms in total. The molecule has 0 amide bonds. The van der Waals surface area contributed by atoms with Gasteiger partial charge in [-0.15, -0.1) is 23.2 Å². The Morgan fingerprint density at radius 1 is 1.69 bits per heavy atom. The highest BCUT2D eigenvalue weighted by molar-refractivity contribution is 7.52. The van der Waals surface area contributed by atoms with Gasteiger partial charge in [-0.05, 0) is 6.42 Å². The van der Waals surface area contributed by atoms with Crippen LogP contribution < -0.4 is 5.50 Å². The standard InChI is InChI=1S/C6H15Cl2N2O2P/c1-2-6(8)5-10(4-3-7)13(9,11)12/h6H,2-5H2,1H3,(H3,9,11,12). The molecule has 0 saturated heterocycles. The molecule has 0 aliphatic heterocycles. The molecule has 0 fully saturated rings. The maximum atomic E-state index is 11.1. The number of alkyl halides is 2. The van der Waals surface area contributed by atoms with Crippen LogP contribution in [0.15, 0.2) is 0 Å². The van der Waals surface area contributed by atoms with Crippen LogP contribution in [0.4, 0.5) is 0 Å². The molecule has 0 radical (unpaired) electrons. The lowest BCUT2D eigenvalue weighted by atomic mass is 10.3. The Labute approximate surface area is 88.6 Å². The zero-order chi connectivity index (χ0) is 10.5. The summed E-state index contributed by atoms with van der Waals surface area (Å²) in [6.45, 7) is 2.46. The van der Waals surface area contributed by atoms with Crippen LogP contribution in [-0.4, -0.2) is 33.9 Å². The lowest BCUT2D eigenvalue weighted by molar-refractivity contribution is 0.354. The summed E-state index contributed by atoms with van der Waals surface area (Å²) < 4.78 is 12.3. The fourth-order valence-corrected chi connectivity index (χ4v) is 2.21. The van der Waals surface area contributed by atoms with Crippen molar-refractivity contribution in [2.45, 2.75) is 18.7 Å². The summed E-state index contributed by atoms with van der Waals surface area (Å²) in [4.78, 5) is 9.09. The first-order valence-electron chi connectivity index (χ1n) is 3.98. The minimum absolute atomic E-state index is 0.174. The van der Waals surface area contributed by atoms with Crippen LogP contribution >= 0.6 is 30.9 Å². The second kappa shape index (κ2) is 6.23. The third kappa shape index (κ3) is 5.89. The Kier molecular flexibility index (Phi) is 6.56. The molecule has 2 atom stereocenters. The average Bonchev–Trinajstić information content (AvgIpc) is 2.01. The van der Waals surface area contributed by atoms with Gasteiger partial charge in [0.15, 0.2) is 0 Å². The number of hydrogen-bond acceptors (Lipinski definition) is 1. The van der Waals surface area contributed by atoms with Crippen molar-refractivity contribution in [3.63, 3.8) is 0 Å². The van der Waals surface area contributed by atoms with E-state index < -0.39 is 7.67 Å². The topological polar surface area (TPSA) is 66.6 Å². The maximum absolute atomic E-state index is 11.1. The summed E-state index contributed by atoms with van der Waals surface area (Å²) >= 11 is 11.3. The molecule has 2 unspecified atom stereocenters. The number of nitrogens with two attached hydrogens (primary N) is 1. The summed E-state index contributed by atoms with van der Waals surface area (Å²) in [6.07, 6.45) is 0.723. The van der Waals surface area contributed by atoms with E-state index in [9.17, 15) is 4.57 Å². The van der Waals surface area contributed by atoms with Crippen molar-refractivity contribution in [1.82, 2.24) is 4.67 Å². The minimum atomic E-state index is -3.70. The molecule has 3 N–H and O–H groups in total. The second-order valence-corrected chi connectivity index (χ2v) is 5.44. The van der Waals surface area contributed by atoms with Crippen molar-refractivity contribution in [2.24, 2.45) is 5.50 Å². The Morgan fingerprint density at radius 3 is 2.54 bits per heavy atom. The molecule has 0 aromatic rings. The summed E-state index contributed by atoms with van der Waals surface area (Å²) in [5.41, 5.74) is 5.09. The van der Waals surface area contributed by atoms with Crippen molar-refractivity contribution in [2.75, 3.05) is 19.0 Å². The third-order valence-electron chi connectivity index (χ3n) is 1.60. The Morgan fingerprint density at radius 2 is 2.23 bits per heavy atom. The first-order chi connectivity index (χ1) is 5.91. The molecule has 0 bridgehead atoms. The molecule has 0 aromatic heterocycles. The van der Waals surface area contributed by atoms with E-state index in [2.05, 4.69) is 0 Å². The zero-order valence-electron chi connectivity index (χ0n) is 7.49. The Hall–Kier alpha value is 0.690. The molecular weight excluding hydrogens is 234 g/mol. The van der Waals surface area contributed by atoms with Crippen molar-refractivity contribution in [3.8, 4) is 0 Å². The largest absolute Gasteiger partial charge is 0.338 e. The Bertz CT molecular complexity index is 187. The summed E-state index contributed by atoms with van der Waals surface area (Å²) in [5.74, 6) is 0.259. The van der Waals surface area contributed by atoms with E-state index in [0.29, 0.717) is 0 Å². The van der Waals surface area contributed by atoms with Crippen LogP contribution in [0.25, 0.3) is 0 Å². The van der Waals surface area contributed by atoms with Crippen LogP contribution in [-0.2, 0) is 4.57 Å². The van der Waals surface area contributed by atoms with Crippen LogP contribution in [0.2, 0.25) is 0 Å². The van der Waals surface area contributed by atoms with E-state index in [1.54, 1.807) is 0 Å².